The van der Waals surface area contributed by atoms with Gasteiger partial charge in [0.05, 0.1) is 11.1 Å². The summed E-state index contributed by atoms with van der Waals surface area (Å²) in [6.45, 7) is 2.70. The minimum atomic E-state index is -3.92. The molecule has 3 atom stereocenters. The quantitative estimate of drug-likeness (QED) is 0.174. The van der Waals surface area contributed by atoms with Gasteiger partial charge in [-0.15, -0.1) is 0 Å². The number of halogens is 4. The number of piperazine rings is 1. The first kappa shape index (κ1) is 34.6. The van der Waals surface area contributed by atoms with Gasteiger partial charge in [0.2, 0.25) is 15.9 Å². The van der Waals surface area contributed by atoms with Gasteiger partial charge in [0.25, 0.3) is 0 Å². The molecule has 4 aromatic rings. The van der Waals surface area contributed by atoms with Gasteiger partial charge in [0.15, 0.2) is 0 Å². The molecule has 248 valence electrons. The Morgan fingerprint density at radius 1 is 0.957 bits per heavy atom. The topological polar surface area (TPSA) is 105 Å². The summed E-state index contributed by atoms with van der Waals surface area (Å²) in [6, 6.07) is 19.7. The van der Waals surface area contributed by atoms with Crippen LogP contribution in [0.2, 0.25) is 5.02 Å². The van der Waals surface area contributed by atoms with E-state index in [1.165, 1.54) is 65.0 Å². The molecule has 7 nitrogen and oxygen atoms in total. The summed E-state index contributed by atoms with van der Waals surface area (Å²) in [5.74, 6) is -3.18. The van der Waals surface area contributed by atoms with E-state index in [0.29, 0.717) is 37.1 Å². The second-order valence-corrected chi connectivity index (χ2v) is 13.9. The van der Waals surface area contributed by atoms with E-state index in [1.807, 2.05) is 6.92 Å². The van der Waals surface area contributed by atoms with E-state index in [-0.39, 0.29) is 33.6 Å². The minimum absolute atomic E-state index is 0.0330. The Labute approximate surface area is 278 Å². The SMILES string of the molecule is C[C@H]1CNC[C@H](CCCc2c(F)cccc2NC(=O)[C@@H](N)C(c2cccc(F)c2)c2cccc(F)c2)N1S(=O)(=O)c1ccccc1Cl. The lowest BCUT2D eigenvalue weighted by molar-refractivity contribution is -0.117. The predicted molar refractivity (Wildman–Crippen MR) is 177 cm³/mol. The van der Waals surface area contributed by atoms with E-state index < -0.39 is 51.4 Å². The van der Waals surface area contributed by atoms with Crippen molar-refractivity contribution in [1.82, 2.24) is 9.62 Å². The molecule has 0 aliphatic carbocycles. The number of nitrogens with two attached hydrogens (primary N) is 1. The second-order valence-electron chi connectivity index (χ2n) is 11.7. The lowest BCUT2D eigenvalue weighted by Crippen LogP contribution is -2.58. The molecule has 1 fully saturated rings. The average molecular weight is 685 g/mol. The molecule has 0 aromatic heterocycles. The van der Waals surface area contributed by atoms with Crippen molar-refractivity contribution in [3.05, 3.63) is 130 Å². The van der Waals surface area contributed by atoms with Gasteiger partial charge in [-0.05, 0) is 85.8 Å². The first-order chi connectivity index (χ1) is 22.5. The van der Waals surface area contributed by atoms with Gasteiger partial charge in [-0.3, -0.25) is 4.79 Å². The van der Waals surface area contributed by atoms with Crippen molar-refractivity contribution in [2.24, 2.45) is 5.73 Å². The number of amides is 1. The van der Waals surface area contributed by atoms with Gasteiger partial charge in [0.1, 0.15) is 22.3 Å². The molecule has 1 heterocycles. The fourth-order valence-electron chi connectivity index (χ4n) is 6.25. The Kier molecular flexibility index (Phi) is 11.0. The van der Waals surface area contributed by atoms with Crippen LogP contribution in [0.1, 0.15) is 42.4 Å². The Balaban J connectivity index is 1.34. The Hall–Kier alpha value is -3.74. The van der Waals surface area contributed by atoms with E-state index in [1.54, 1.807) is 30.3 Å². The smallest absolute Gasteiger partial charge is 0.245 e. The fraction of sp³-hybridized carbons (Fsp3) is 0.286. The summed E-state index contributed by atoms with van der Waals surface area (Å²) in [4.78, 5) is 13.6. The van der Waals surface area contributed by atoms with Crippen LogP contribution < -0.4 is 16.4 Å². The second kappa shape index (κ2) is 15.0. The lowest BCUT2D eigenvalue weighted by Gasteiger charge is -2.40. The van der Waals surface area contributed by atoms with Crippen LogP contribution in [0.3, 0.4) is 0 Å². The molecule has 0 radical (unpaired) electrons. The summed E-state index contributed by atoms with van der Waals surface area (Å²) in [5, 5.41) is 6.15. The van der Waals surface area contributed by atoms with E-state index >= 15 is 4.39 Å². The largest absolute Gasteiger partial charge is 0.324 e. The number of hydrogen-bond acceptors (Lipinski definition) is 5. The molecule has 1 aliphatic rings. The van der Waals surface area contributed by atoms with E-state index in [0.717, 1.165) is 0 Å². The third kappa shape index (κ3) is 7.88. The molecular formula is C35H36ClF3N4O3S. The minimum Gasteiger partial charge on any atom is -0.324 e. The van der Waals surface area contributed by atoms with Crippen LogP contribution in [0.5, 0.6) is 0 Å². The maximum Gasteiger partial charge on any atom is 0.245 e. The van der Waals surface area contributed by atoms with Gasteiger partial charge in [-0.1, -0.05) is 54.1 Å². The highest BCUT2D eigenvalue weighted by Gasteiger charge is 2.38. The highest BCUT2D eigenvalue weighted by atomic mass is 35.5. The van der Waals surface area contributed by atoms with Crippen LogP contribution in [0.25, 0.3) is 0 Å². The molecule has 1 aliphatic heterocycles. The maximum absolute atomic E-state index is 15.2. The molecule has 5 rings (SSSR count). The van der Waals surface area contributed by atoms with Gasteiger partial charge in [-0.2, -0.15) is 4.31 Å². The number of hydrogen-bond donors (Lipinski definition) is 3. The summed E-state index contributed by atoms with van der Waals surface area (Å²) in [5.41, 5.74) is 7.66. The van der Waals surface area contributed by atoms with Crippen LogP contribution in [0, 0.1) is 17.5 Å². The Bertz CT molecular complexity index is 1800. The summed E-state index contributed by atoms with van der Waals surface area (Å²) in [7, 11) is -3.92. The predicted octanol–water partition coefficient (Wildman–Crippen LogP) is 6.23. The number of benzene rings is 4. The number of rotatable bonds is 11. The van der Waals surface area contributed by atoms with Gasteiger partial charge in [0, 0.05) is 42.3 Å². The van der Waals surface area contributed by atoms with Crippen molar-refractivity contribution in [3.63, 3.8) is 0 Å². The standard InChI is InChI=1S/C35H36ClF3N4O3S/c1-22-20-41-21-27(43(22)47(45,46)32-17-3-2-14-29(32)36)12-6-13-28-30(39)15-7-16-31(28)42-35(44)34(40)33(23-8-4-10-25(37)18-23)24-9-5-11-26(38)19-24/h2-5,7-11,14-19,22,27,33-34,41H,6,12-13,20-21,40H2,1H3,(H,42,44)/t22-,27-,34-/m0/s1. The lowest BCUT2D eigenvalue weighted by atomic mass is 9.84. The van der Waals surface area contributed by atoms with Crippen molar-refractivity contribution in [2.75, 3.05) is 18.4 Å². The zero-order chi connectivity index (χ0) is 33.7. The number of carbonyl (C=O) groups is 1. The van der Waals surface area contributed by atoms with Crippen molar-refractivity contribution in [2.45, 2.75) is 55.1 Å². The number of sulfonamides is 1. The van der Waals surface area contributed by atoms with Gasteiger partial charge >= 0.3 is 0 Å². The first-order valence-corrected chi connectivity index (χ1v) is 17.1. The van der Waals surface area contributed by atoms with Crippen LogP contribution >= 0.6 is 11.6 Å². The number of nitrogens with zero attached hydrogens (tertiary/aromatic N) is 1. The summed E-state index contributed by atoms with van der Waals surface area (Å²) in [6.07, 6.45) is 1.00. The number of anilines is 1. The maximum atomic E-state index is 15.2. The van der Waals surface area contributed by atoms with Crippen LogP contribution in [-0.4, -0.2) is 49.8 Å². The molecule has 0 bridgehead atoms. The molecule has 4 aromatic carbocycles. The molecule has 12 heteroatoms. The zero-order valence-corrected chi connectivity index (χ0v) is 27.2. The Morgan fingerprint density at radius 3 is 2.23 bits per heavy atom. The summed E-state index contributed by atoms with van der Waals surface area (Å²) >= 11 is 6.27. The van der Waals surface area contributed by atoms with E-state index in [2.05, 4.69) is 10.6 Å². The zero-order valence-electron chi connectivity index (χ0n) is 25.7. The van der Waals surface area contributed by atoms with Crippen molar-refractivity contribution in [3.8, 4) is 0 Å². The molecule has 0 saturated carbocycles. The highest BCUT2D eigenvalue weighted by Crippen LogP contribution is 2.32. The molecule has 0 unspecified atom stereocenters. The van der Waals surface area contributed by atoms with Gasteiger partial charge in [-0.25, -0.2) is 21.6 Å². The van der Waals surface area contributed by atoms with Crippen LogP contribution in [0.4, 0.5) is 18.9 Å². The molecule has 1 saturated heterocycles. The third-order valence-corrected chi connectivity index (χ3v) is 11.0. The fourth-order valence-corrected chi connectivity index (χ4v) is 8.59. The number of nitrogens with one attached hydrogen (secondary N) is 2. The van der Waals surface area contributed by atoms with Crippen molar-refractivity contribution >= 4 is 33.2 Å². The monoisotopic (exact) mass is 684 g/mol. The van der Waals surface area contributed by atoms with E-state index in [9.17, 15) is 22.0 Å². The van der Waals surface area contributed by atoms with Crippen molar-refractivity contribution < 1.29 is 26.4 Å². The average Bonchev–Trinajstić information content (AvgIpc) is 3.02. The van der Waals surface area contributed by atoms with Gasteiger partial charge < -0.3 is 16.4 Å². The third-order valence-electron chi connectivity index (χ3n) is 8.42. The molecule has 1 amide bonds. The molecular weight excluding hydrogens is 649 g/mol. The van der Waals surface area contributed by atoms with Crippen LogP contribution in [-0.2, 0) is 21.2 Å². The Morgan fingerprint density at radius 2 is 1.60 bits per heavy atom. The van der Waals surface area contributed by atoms with Crippen molar-refractivity contribution in [1.29, 1.82) is 0 Å². The van der Waals surface area contributed by atoms with Crippen LogP contribution in [0.15, 0.2) is 95.9 Å². The number of carbonyl (C=O) groups excluding carboxylic acids is 1. The highest BCUT2D eigenvalue weighted by molar-refractivity contribution is 7.89. The molecule has 0 spiro atoms. The molecule has 47 heavy (non-hydrogen) atoms. The van der Waals surface area contributed by atoms with E-state index in [4.69, 9.17) is 17.3 Å². The summed E-state index contributed by atoms with van der Waals surface area (Å²) < 4.78 is 72.5. The normalized spacial score (nSPS) is 17.9. The first-order valence-electron chi connectivity index (χ1n) is 15.3. The molecule has 4 N–H and O–H groups in total.